The minimum Gasteiger partial charge on any atom is -0.481 e. The monoisotopic (exact) mass is 402 g/mol. The first-order chi connectivity index (χ1) is 12.8. The van der Waals surface area contributed by atoms with E-state index in [0.29, 0.717) is 26.2 Å². The fourth-order valence-corrected chi connectivity index (χ4v) is 1.11. The van der Waals surface area contributed by atoms with Crippen molar-refractivity contribution in [2.24, 2.45) is 0 Å². The molecule has 0 saturated heterocycles. The highest BCUT2D eigenvalue weighted by Crippen LogP contribution is 1.98. The number of carbonyl (C=O) groups is 3. The van der Waals surface area contributed by atoms with E-state index in [1.807, 2.05) is 0 Å². The molecular formula is C14H30N2O11. The van der Waals surface area contributed by atoms with Gasteiger partial charge in [0, 0.05) is 26.2 Å². The molecule has 0 aliphatic carbocycles. The highest BCUT2D eigenvalue weighted by Gasteiger charge is 2.22. The van der Waals surface area contributed by atoms with E-state index in [-0.39, 0.29) is 26.4 Å². The molecule has 0 radical (unpaired) electrons. The van der Waals surface area contributed by atoms with Gasteiger partial charge in [-0.05, 0) is 0 Å². The van der Waals surface area contributed by atoms with Gasteiger partial charge in [0.25, 0.3) is 0 Å². The largest absolute Gasteiger partial charge is 0.481 e. The molecule has 0 rings (SSSR count). The van der Waals surface area contributed by atoms with Gasteiger partial charge in [0.2, 0.25) is 0 Å². The van der Waals surface area contributed by atoms with E-state index in [9.17, 15) is 14.4 Å². The Labute approximate surface area is 156 Å². The molecule has 0 amide bonds. The molecule has 0 saturated carbocycles. The third kappa shape index (κ3) is 32.3. The Morgan fingerprint density at radius 1 is 0.704 bits per heavy atom. The van der Waals surface area contributed by atoms with Gasteiger partial charge >= 0.3 is 17.9 Å². The Morgan fingerprint density at radius 3 is 1.30 bits per heavy atom. The molecule has 13 heteroatoms. The fourth-order valence-electron chi connectivity index (χ4n) is 1.11. The molecule has 0 aromatic heterocycles. The predicted molar refractivity (Wildman–Crippen MR) is 91.3 cm³/mol. The van der Waals surface area contributed by atoms with Crippen LogP contribution in [0.2, 0.25) is 0 Å². The van der Waals surface area contributed by atoms with Crippen molar-refractivity contribution in [3.8, 4) is 0 Å². The predicted octanol–water partition coefficient (Wildman–Crippen LogP) is -3.86. The summed E-state index contributed by atoms with van der Waals surface area (Å²) in [6.45, 7) is 2.01. The van der Waals surface area contributed by atoms with E-state index >= 15 is 0 Å². The van der Waals surface area contributed by atoms with Crippen LogP contribution in [0.1, 0.15) is 6.42 Å². The number of ether oxygens (including phenoxy) is 1. The van der Waals surface area contributed by atoms with Crippen LogP contribution in [-0.2, 0) is 19.1 Å². The molecule has 0 spiro atoms. The third-order valence-electron chi connectivity index (χ3n) is 2.20. The SMILES string of the molecule is O=C(O)COC(CC(=O)O)C(=O)O.OCCNCCO.OCCNCCO. The summed E-state index contributed by atoms with van der Waals surface area (Å²) in [6.07, 6.45) is -2.38. The second-order valence-electron chi connectivity index (χ2n) is 4.52. The van der Waals surface area contributed by atoms with Crippen LogP contribution in [0.4, 0.5) is 0 Å². The summed E-state index contributed by atoms with van der Waals surface area (Å²) in [5.41, 5.74) is 0. The summed E-state index contributed by atoms with van der Waals surface area (Å²) >= 11 is 0. The van der Waals surface area contributed by atoms with Gasteiger partial charge < -0.3 is 51.1 Å². The van der Waals surface area contributed by atoms with E-state index < -0.39 is 37.0 Å². The van der Waals surface area contributed by atoms with Crippen LogP contribution in [0, 0.1) is 0 Å². The maximum Gasteiger partial charge on any atom is 0.333 e. The zero-order valence-corrected chi connectivity index (χ0v) is 14.9. The van der Waals surface area contributed by atoms with Crippen LogP contribution in [0.3, 0.4) is 0 Å². The number of carboxylic acids is 3. The molecule has 9 N–H and O–H groups in total. The van der Waals surface area contributed by atoms with Crippen molar-refractivity contribution in [1.29, 1.82) is 0 Å². The summed E-state index contributed by atoms with van der Waals surface area (Å²) in [4.78, 5) is 30.3. The molecular weight excluding hydrogens is 372 g/mol. The number of rotatable bonds is 14. The minimum absolute atomic E-state index is 0.139. The second kappa shape index (κ2) is 24.1. The zero-order valence-electron chi connectivity index (χ0n) is 14.9. The number of hydrogen-bond donors (Lipinski definition) is 9. The van der Waals surface area contributed by atoms with Crippen molar-refractivity contribution in [1.82, 2.24) is 10.6 Å². The van der Waals surface area contributed by atoms with Crippen molar-refractivity contribution in [2.75, 3.05) is 59.2 Å². The smallest absolute Gasteiger partial charge is 0.333 e. The molecule has 0 heterocycles. The average Bonchev–Trinajstić information content (AvgIpc) is 2.60. The molecule has 0 fully saturated rings. The van der Waals surface area contributed by atoms with Crippen LogP contribution in [0.15, 0.2) is 0 Å². The van der Waals surface area contributed by atoms with Crippen molar-refractivity contribution >= 4 is 17.9 Å². The molecule has 1 unspecified atom stereocenters. The molecule has 13 nitrogen and oxygen atoms in total. The normalized spacial score (nSPS) is 10.7. The summed E-state index contributed by atoms with van der Waals surface area (Å²) in [5.74, 6) is -4.21. The van der Waals surface area contributed by atoms with Gasteiger partial charge in [-0.1, -0.05) is 0 Å². The lowest BCUT2D eigenvalue weighted by atomic mass is 10.2. The number of aliphatic hydroxyl groups is 4. The van der Waals surface area contributed by atoms with Crippen molar-refractivity contribution in [2.45, 2.75) is 12.5 Å². The molecule has 0 aromatic rings. The molecule has 0 bridgehead atoms. The Hall–Kier alpha value is -1.87. The molecule has 1 atom stereocenters. The van der Waals surface area contributed by atoms with E-state index in [1.165, 1.54) is 0 Å². The van der Waals surface area contributed by atoms with Crippen LogP contribution in [0.25, 0.3) is 0 Å². The average molecular weight is 402 g/mol. The standard InChI is InChI=1S/C6H8O7.2C4H11NO2/c7-4(8)1-3(6(11)12)13-2-5(9)10;2*6-3-1-5-2-4-7/h3H,1-2H2,(H,7,8)(H,9,10)(H,11,12);2*5-7H,1-4H2. The van der Waals surface area contributed by atoms with Gasteiger partial charge in [0.15, 0.2) is 6.10 Å². The lowest BCUT2D eigenvalue weighted by Gasteiger charge is -2.08. The maximum absolute atomic E-state index is 10.3. The van der Waals surface area contributed by atoms with Crippen LogP contribution in [-0.4, -0.2) is 119 Å². The fraction of sp³-hybridized carbons (Fsp3) is 0.786. The van der Waals surface area contributed by atoms with Gasteiger partial charge in [-0.15, -0.1) is 0 Å². The first-order valence-electron chi connectivity index (χ1n) is 7.89. The first-order valence-corrected chi connectivity index (χ1v) is 7.89. The third-order valence-corrected chi connectivity index (χ3v) is 2.20. The summed E-state index contributed by atoms with van der Waals surface area (Å²) in [5, 5.41) is 62.8. The van der Waals surface area contributed by atoms with Gasteiger partial charge in [-0.25, -0.2) is 9.59 Å². The lowest BCUT2D eigenvalue weighted by molar-refractivity contribution is -0.161. The van der Waals surface area contributed by atoms with Crippen molar-refractivity contribution < 1.29 is 54.9 Å². The van der Waals surface area contributed by atoms with Crippen molar-refractivity contribution in [3.05, 3.63) is 0 Å². The maximum atomic E-state index is 10.3. The Bertz CT molecular complexity index is 351. The van der Waals surface area contributed by atoms with Gasteiger partial charge in [0.05, 0.1) is 32.8 Å². The number of hydrogen-bond acceptors (Lipinski definition) is 10. The molecule has 27 heavy (non-hydrogen) atoms. The topological polar surface area (TPSA) is 226 Å². The summed E-state index contributed by atoms with van der Waals surface area (Å²) in [6, 6.07) is 0. The number of aliphatic carboxylic acids is 3. The van der Waals surface area contributed by atoms with E-state index in [2.05, 4.69) is 15.4 Å². The molecule has 0 aliphatic rings. The Morgan fingerprint density at radius 2 is 1.07 bits per heavy atom. The number of carboxylic acid groups (broad SMARTS) is 3. The Kier molecular flexibility index (Phi) is 26.7. The van der Waals surface area contributed by atoms with Crippen LogP contribution < -0.4 is 10.6 Å². The summed E-state index contributed by atoms with van der Waals surface area (Å²) < 4.78 is 4.30. The Balaban J connectivity index is -0.000000350. The van der Waals surface area contributed by atoms with Crippen molar-refractivity contribution in [3.63, 3.8) is 0 Å². The summed E-state index contributed by atoms with van der Waals surface area (Å²) in [7, 11) is 0. The van der Waals surface area contributed by atoms with Gasteiger partial charge in [-0.2, -0.15) is 0 Å². The highest BCUT2D eigenvalue weighted by molar-refractivity contribution is 5.80. The zero-order chi connectivity index (χ0) is 21.5. The first kappa shape index (κ1) is 29.9. The molecule has 162 valence electrons. The van der Waals surface area contributed by atoms with E-state index in [0.717, 1.165) is 0 Å². The van der Waals surface area contributed by atoms with Gasteiger partial charge in [-0.3, -0.25) is 4.79 Å². The van der Waals surface area contributed by atoms with Crippen LogP contribution in [0.5, 0.6) is 0 Å². The molecule has 0 aromatic carbocycles. The second-order valence-corrected chi connectivity index (χ2v) is 4.52. The molecule has 0 aliphatic heterocycles. The van der Waals surface area contributed by atoms with E-state index in [4.69, 9.17) is 35.7 Å². The lowest BCUT2D eigenvalue weighted by Crippen LogP contribution is -2.29. The number of aliphatic hydroxyl groups excluding tert-OH is 4. The van der Waals surface area contributed by atoms with E-state index in [1.54, 1.807) is 0 Å². The van der Waals surface area contributed by atoms with Gasteiger partial charge in [0.1, 0.15) is 6.61 Å². The van der Waals surface area contributed by atoms with Crippen LogP contribution >= 0.6 is 0 Å². The highest BCUT2D eigenvalue weighted by atomic mass is 16.5. The number of nitrogens with one attached hydrogen (secondary N) is 2. The minimum atomic E-state index is -1.62. The quantitative estimate of drug-likeness (QED) is 0.127.